The fourth-order valence-electron chi connectivity index (χ4n) is 1.76. The molecular formula is C13H18N4S2. The van der Waals surface area contributed by atoms with Crippen LogP contribution in [-0.4, -0.2) is 21.0 Å². The van der Waals surface area contributed by atoms with Gasteiger partial charge < -0.3 is 10.3 Å². The smallest absolute Gasteiger partial charge is 0.191 e. The van der Waals surface area contributed by atoms with Crippen LogP contribution < -0.4 is 5.73 Å². The summed E-state index contributed by atoms with van der Waals surface area (Å²) in [6.45, 7) is 3.37. The fraction of sp³-hybridized carbons (Fsp3) is 0.385. The van der Waals surface area contributed by atoms with Gasteiger partial charge in [0.1, 0.15) is 5.82 Å². The Labute approximate surface area is 122 Å². The van der Waals surface area contributed by atoms with Gasteiger partial charge in [0, 0.05) is 17.2 Å². The van der Waals surface area contributed by atoms with Gasteiger partial charge in [-0.3, -0.25) is 0 Å². The Morgan fingerprint density at radius 1 is 1.21 bits per heavy atom. The lowest BCUT2D eigenvalue weighted by atomic mass is 10.2. The van der Waals surface area contributed by atoms with Gasteiger partial charge in [-0.05, 0) is 30.9 Å². The highest BCUT2D eigenvalue weighted by atomic mass is 32.2. The van der Waals surface area contributed by atoms with Crippen molar-refractivity contribution >= 4 is 23.5 Å². The summed E-state index contributed by atoms with van der Waals surface area (Å²) >= 11 is 3.46. The molecule has 0 aliphatic carbocycles. The third-order valence-corrected chi connectivity index (χ3v) is 4.60. The highest BCUT2D eigenvalue weighted by molar-refractivity contribution is 7.98. The lowest BCUT2D eigenvalue weighted by Gasteiger charge is -2.06. The summed E-state index contributed by atoms with van der Waals surface area (Å²) in [6, 6.07) is 8.62. The van der Waals surface area contributed by atoms with Gasteiger partial charge in [0.2, 0.25) is 0 Å². The standard InChI is InChI=1S/C13H18N4S2/c1-3-17-12(8-14)15-16-13(17)19-9-10-4-6-11(18-2)7-5-10/h4-7H,3,8-9,14H2,1-2H3. The first kappa shape index (κ1) is 14.4. The van der Waals surface area contributed by atoms with Crippen LogP contribution in [0.1, 0.15) is 18.3 Å². The summed E-state index contributed by atoms with van der Waals surface area (Å²) in [7, 11) is 0. The predicted octanol–water partition coefficient (Wildman–Crippen LogP) is 2.77. The van der Waals surface area contributed by atoms with Gasteiger partial charge in [0.05, 0.1) is 6.54 Å². The Morgan fingerprint density at radius 2 is 1.95 bits per heavy atom. The number of rotatable bonds is 6. The molecule has 102 valence electrons. The zero-order chi connectivity index (χ0) is 13.7. The predicted molar refractivity (Wildman–Crippen MR) is 81.4 cm³/mol. The molecule has 2 N–H and O–H groups in total. The molecule has 1 aromatic carbocycles. The third-order valence-electron chi connectivity index (χ3n) is 2.82. The number of thioether (sulfide) groups is 2. The average molecular weight is 294 g/mol. The highest BCUT2D eigenvalue weighted by Gasteiger charge is 2.09. The van der Waals surface area contributed by atoms with Gasteiger partial charge in [-0.1, -0.05) is 23.9 Å². The highest BCUT2D eigenvalue weighted by Crippen LogP contribution is 2.23. The van der Waals surface area contributed by atoms with Crippen molar-refractivity contribution in [2.24, 2.45) is 5.73 Å². The molecule has 2 aromatic rings. The number of nitrogens with zero attached hydrogens (tertiary/aromatic N) is 3. The summed E-state index contributed by atoms with van der Waals surface area (Å²) in [5.74, 6) is 1.75. The van der Waals surface area contributed by atoms with E-state index in [4.69, 9.17) is 5.73 Å². The van der Waals surface area contributed by atoms with Crippen LogP contribution in [0.4, 0.5) is 0 Å². The number of hydrogen-bond acceptors (Lipinski definition) is 5. The molecule has 0 fully saturated rings. The number of benzene rings is 1. The van der Waals surface area contributed by atoms with E-state index >= 15 is 0 Å². The van der Waals surface area contributed by atoms with E-state index in [-0.39, 0.29) is 0 Å². The van der Waals surface area contributed by atoms with Crippen molar-refractivity contribution in [2.45, 2.75) is 35.8 Å². The molecule has 1 heterocycles. The molecule has 0 bridgehead atoms. The van der Waals surface area contributed by atoms with Gasteiger partial charge >= 0.3 is 0 Å². The summed E-state index contributed by atoms with van der Waals surface area (Å²) in [4.78, 5) is 1.29. The zero-order valence-corrected chi connectivity index (χ0v) is 12.8. The maximum absolute atomic E-state index is 5.64. The molecule has 19 heavy (non-hydrogen) atoms. The lowest BCUT2D eigenvalue weighted by Crippen LogP contribution is -2.08. The van der Waals surface area contributed by atoms with E-state index in [1.54, 1.807) is 23.5 Å². The summed E-state index contributed by atoms with van der Waals surface area (Å²) in [5, 5.41) is 9.25. The molecule has 0 spiro atoms. The average Bonchev–Trinajstić information content (AvgIpc) is 2.87. The Balaban J connectivity index is 2.03. The summed E-state index contributed by atoms with van der Waals surface area (Å²) in [6.07, 6.45) is 2.09. The van der Waals surface area contributed by atoms with Crippen LogP contribution in [0.25, 0.3) is 0 Å². The third kappa shape index (κ3) is 3.52. The van der Waals surface area contributed by atoms with Gasteiger partial charge in [0.25, 0.3) is 0 Å². The largest absolute Gasteiger partial charge is 0.324 e. The minimum absolute atomic E-state index is 0.434. The van der Waals surface area contributed by atoms with Crippen LogP contribution in [0.15, 0.2) is 34.3 Å². The second-order valence-corrected chi connectivity index (χ2v) is 5.81. The van der Waals surface area contributed by atoms with Gasteiger partial charge in [-0.25, -0.2) is 0 Å². The molecule has 0 saturated heterocycles. The lowest BCUT2D eigenvalue weighted by molar-refractivity contribution is 0.643. The molecule has 0 atom stereocenters. The van der Waals surface area contributed by atoms with E-state index < -0.39 is 0 Å². The summed E-state index contributed by atoms with van der Waals surface area (Å²) < 4.78 is 2.07. The van der Waals surface area contributed by atoms with E-state index in [1.165, 1.54) is 10.5 Å². The van der Waals surface area contributed by atoms with E-state index in [0.29, 0.717) is 6.54 Å². The first-order chi connectivity index (χ1) is 9.28. The van der Waals surface area contributed by atoms with E-state index in [0.717, 1.165) is 23.3 Å². The molecular weight excluding hydrogens is 276 g/mol. The molecule has 0 saturated carbocycles. The van der Waals surface area contributed by atoms with Crippen LogP contribution in [0.5, 0.6) is 0 Å². The Hall–Kier alpha value is -0.980. The number of nitrogens with two attached hydrogens (primary N) is 1. The van der Waals surface area contributed by atoms with Gasteiger partial charge in [-0.2, -0.15) is 0 Å². The van der Waals surface area contributed by atoms with Crippen LogP contribution in [0.2, 0.25) is 0 Å². The first-order valence-corrected chi connectivity index (χ1v) is 8.37. The molecule has 0 aliphatic heterocycles. The molecule has 2 rings (SSSR count). The van der Waals surface area contributed by atoms with Crippen molar-refractivity contribution in [3.8, 4) is 0 Å². The Bertz CT molecular complexity index is 522. The topological polar surface area (TPSA) is 56.7 Å². The van der Waals surface area contributed by atoms with Crippen LogP contribution in [0, 0.1) is 0 Å². The second-order valence-electron chi connectivity index (χ2n) is 3.98. The van der Waals surface area contributed by atoms with Crippen LogP contribution >= 0.6 is 23.5 Å². The molecule has 0 aliphatic rings. The monoisotopic (exact) mass is 294 g/mol. The normalized spacial score (nSPS) is 10.9. The van der Waals surface area contributed by atoms with Crippen molar-refractivity contribution < 1.29 is 0 Å². The second kappa shape index (κ2) is 6.98. The number of aromatic nitrogens is 3. The van der Waals surface area contributed by atoms with E-state index in [9.17, 15) is 0 Å². The van der Waals surface area contributed by atoms with Crippen molar-refractivity contribution in [3.05, 3.63) is 35.7 Å². The van der Waals surface area contributed by atoms with Crippen molar-refractivity contribution in [2.75, 3.05) is 6.26 Å². The Morgan fingerprint density at radius 3 is 2.53 bits per heavy atom. The molecule has 1 aromatic heterocycles. The minimum atomic E-state index is 0.434. The van der Waals surface area contributed by atoms with Gasteiger partial charge in [-0.15, -0.1) is 22.0 Å². The van der Waals surface area contributed by atoms with E-state index in [2.05, 4.69) is 52.2 Å². The van der Waals surface area contributed by atoms with E-state index in [1.807, 2.05) is 0 Å². The first-order valence-electron chi connectivity index (χ1n) is 6.16. The molecule has 4 nitrogen and oxygen atoms in total. The van der Waals surface area contributed by atoms with Gasteiger partial charge in [0.15, 0.2) is 5.16 Å². The molecule has 0 amide bonds. The Kier molecular flexibility index (Phi) is 5.30. The zero-order valence-electron chi connectivity index (χ0n) is 11.2. The minimum Gasteiger partial charge on any atom is -0.324 e. The van der Waals surface area contributed by atoms with Crippen molar-refractivity contribution in [3.63, 3.8) is 0 Å². The van der Waals surface area contributed by atoms with Crippen LogP contribution in [-0.2, 0) is 18.8 Å². The number of hydrogen-bond donors (Lipinski definition) is 1. The quantitative estimate of drug-likeness (QED) is 0.830. The van der Waals surface area contributed by atoms with Crippen LogP contribution in [0.3, 0.4) is 0 Å². The molecule has 6 heteroatoms. The molecule has 0 unspecified atom stereocenters. The summed E-state index contributed by atoms with van der Waals surface area (Å²) in [5.41, 5.74) is 6.94. The van der Waals surface area contributed by atoms with Crippen molar-refractivity contribution in [1.29, 1.82) is 0 Å². The maximum atomic E-state index is 5.64. The fourth-order valence-corrected chi connectivity index (χ4v) is 3.15. The molecule has 0 radical (unpaired) electrons. The SMILES string of the molecule is CCn1c(CN)nnc1SCc1ccc(SC)cc1. The maximum Gasteiger partial charge on any atom is 0.191 e. The van der Waals surface area contributed by atoms with Crippen molar-refractivity contribution in [1.82, 2.24) is 14.8 Å².